The predicted molar refractivity (Wildman–Crippen MR) is 58.6 cm³/mol. The SMILES string of the molecule is N#CC1=CCCN1S(=O)(=O)c1ccccc1. The third kappa shape index (κ3) is 1.68. The van der Waals surface area contributed by atoms with Gasteiger partial charge in [0, 0.05) is 6.54 Å². The van der Waals surface area contributed by atoms with Gasteiger partial charge in [-0.25, -0.2) is 8.42 Å². The summed E-state index contributed by atoms with van der Waals surface area (Å²) in [5.74, 6) is 0. The number of nitrogens with zero attached hydrogens (tertiary/aromatic N) is 2. The second-order valence-electron chi connectivity index (χ2n) is 3.38. The highest BCUT2D eigenvalue weighted by atomic mass is 32.2. The third-order valence-corrected chi connectivity index (χ3v) is 4.21. The summed E-state index contributed by atoms with van der Waals surface area (Å²) in [7, 11) is -3.56. The van der Waals surface area contributed by atoms with Gasteiger partial charge in [-0.3, -0.25) is 4.31 Å². The molecule has 2 rings (SSSR count). The van der Waals surface area contributed by atoms with Crippen molar-refractivity contribution in [2.45, 2.75) is 11.3 Å². The van der Waals surface area contributed by atoms with Crippen molar-refractivity contribution in [2.24, 2.45) is 0 Å². The molecule has 16 heavy (non-hydrogen) atoms. The van der Waals surface area contributed by atoms with E-state index in [1.807, 2.05) is 6.07 Å². The molecule has 0 fully saturated rings. The first kappa shape index (κ1) is 10.7. The van der Waals surface area contributed by atoms with Crippen LogP contribution in [0.4, 0.5) is 0 Å². The lowest BCUT2D eigenvalue weighted by molar-refractivity contribution is 0.507. The van der Waals surface area contributed by atoms with Gasteiger partial charge in [0.1, 0.15) is 11.8 Å². The molecule has 0 unspecified atom stereocenters. The molecule has 1 aromatic rings. The van der Waals surface area contributed by atoms with Crippen molar-refractivity contribution in [1.82, 2.24) is 4.31 Å². The minimum absolute atomic E-state index is 0.212. The highest BCUT2D eigenvalue weighted by Crippen LogP contribution is 2.24. The fraction of sp³-hybridized carbons (Fsp3) is 0.182. The van der Waals surface area contributed by atoms with Gasteiger partial charge in [-0.1, -0.05) is 18.2 Å². The van der Waals surface area contributed by atoms with Gasteiger partial charge in [0.15, 0.2) is 0 Å². The predicted octanol–water partition coefficient (Wildman–Crippen LogP) is 1.49. The van der Waals surface area contributed by atoms with Crippen molar-refractivity contribution in [3.8, 4) is 6.07 Å². The first-order valence-corrected chi connectivity index (χ1v) is 6.28. The topological polar surface area (TPSA) is 61.2 Å². The normalized spacial score (nSPS) is 15.7. The van der Waals surface area contributed by atoms with Gasteiger partial charge >= 0.3 is 0 Å². The van der Waals surface area contributed by atoms with Gasteiger partial charge in [-0.15, -0.1) is 0 Å². The van der Waals surface area contributed by atoms with Gasteiger partial charge in [0.2, 0.25) is 0 Å². The molecule has 4 nitrogen and oxygen atoms in total. The number of rotatable bonds is 2. The molecule has 0 N–H and O–H groups in total. The van der Waals surface area contributed by atoms with Crippen molar-refractivity contribution in [3.63, 3.8) is 0 Å². The van der Waals surface area contributed by atoms with E-state index in [1.54, 1.807) is 24.3 Å². The molecule has 0 radical (unpaired) electrons. The summed E-state index contributed by atoms with van der Waals surface area (Å²) in [6.45, 7) is 0.347. The Morgan fingerprint density at radius 3 is 2.56 bits per heavy atom. The highest BCUT2D eigenvalue weighted by molar-refractivity contribution is 7.89. The largest absolute Gasteiger partial charge is 0.264 e. The van der Waals surface area contributed by atoms with Crippen LogP contribution < -0.4 is 0 Å². The summed E-state index contributed by atoms with van der Waals surface area (Å²) in [5.41, 5.74) is 0.212. The Bertz CT molecular complexity index is 555. The van der Waals surface area contributed by atoms with Gasteiger partial charge < -0.3 is 0 Å². The van der Waals surface area contributed by atoms with E-state index in [4.69, 9.17) is 5.26 Å². The second-order valence-corrected chi connectivity index (χ2v) is 5.24. The number of benzene rings is 1. The Balaban J connectivity index is 2.43. The summed E-state index contributed by atoms with van der Waals surface area (Å²) < 4.78 is 25.4. The smallest absolute Gasteiger partial charge is 0.256 e. The van der Waals surface area contributed by atoms with Gasteiger partial charge in [0.05, 0.1) is 4.90 Å². The van der Waals surface area contributed by atoms with Crippen LogP contribution in [-0.2, 0) is 10.0 Å². The average molecular weight is 234 g/mol. The lowest BCUT2D eigenvalue weighted by Crippen LogP contribution is -2.27. The van der Waals surface area contributed by atoms with Crippen LogP contribution in [0.1, 0.15) is 6.42 Å². The first-order valence-electron chi connectivity index (χ1n) is 4.84. The van der Waals surface area contributed by atoms with E-state index in [1.165, 1.54) is 12.1 Å². The molecule has 0 saturated heterocycles. The number of hydrogen-bond acceptors (Lipinski definition) is 3. The molecule has 0 aliphatic carbocycles. The Kier molecular flexibility index (Phi) is 2.67. The van der Waals surface area contributed by atoms with Crippen molar-refractivity contribution < 1.29 is 8.42 Å². The van der Waals surface area contributed by atoms with E-state index in [2.05, 4.69) is 0 Å². The molecule has 1 aliphatic rings. The maximum atomic E-state index is 12.1. The number of nitriles is 1. The average Bonchev–Trinajstić information content (AvgIpc) is 2.79. The molecule has 0 amide bonds. The Hall–Kier alpha value is -1.80. The van der Waals surface area contributed by atoms with Gasteiger partial charge in [0.25, 0.3) is 10.0 Å². The van der Waals surface area contributed by atoms with Crippen molar-refractivity contribution >= 4 is 10.0 Å². The maximum absolute atomic E-state index is 12.1. The van der Waals surface area contributed by atoms with Gasteiger partial charge in [-0.05, 0) is 24.6 Å². The molecular weight excluding hydrogens is 224 g/mol. The van der Waals surface area contributed by atoms with E-state index < -0.39 is 10.0 Å². The molecule has 0 saturated carbocycles. The summed E-state index contributed by atoms with van der Waals surface area (Å²) in [5, 5.41) is 8.82. The minimum Gasteiger partial charge on any atom is -0.256 e. The van der Waals surface area contributed by atoms with Crippen LogP contribution in [0.25, 0.3) is 0 Å². The summed E-state index contributed by atoms with van der Waals surface area (Å²) >= 11 is 0. The van der Waals surface area contributed by atoms with Crippen LogP contribution >= 0.6 is 0 Å². The molecule has 0 aromatic heterocycles. The molecular formula is C11H10N2O2S. The summed E-state index contributed by atoms with van der Waals surface area (Å²) in [6, 6.07) is 10.0. The van der Waals surface area contributed by atoms with Gasteiger partial charge in [-0.2, -0.15) is 5.26 Å². The van der Waals surface area contributed by atoms with E-state index in [0.717, 1.165) is 4.31 Å². The van der Waals surface area contributed by atoms with Crippen LogP contribution in [0, 0.1) is 11.3 Å². The number of allylic oxidation sites excluding steroid dienone is 1. The maximum Gasteiger partial charge on any atom is 0.264 e. The zero-order chi connectivity index (χ0) is 11.6. The van der Waals surface area contributed by atoms with E-state index in [-0.39, 0.29) is 10.6 Å². The molecule has 5 heteroatoms. The molecule has 0 bridgehead atoms. The highest BCUT2D eigenvalue weighted by Gasteiger charge is 2.28. The molecule has 1 aromatic carbocycles. The lowest BCUT2D eigenvalue weighted by Gasteiger charge is -2.18. The van der Waals surface area contributed by atoms with E-state index >= 15 is 0 Å². The van der Waals surface area contributed by atoms with E-state index in [9.17, 15) is 8.42 Å². The van der Waals surface area contributed by atoms with Crippen molar-refractivity contribution in [2.75, 3.05) is 6.54 Å². The van der Waals surface area contributed by atoms with Crippen LogP contribution in [-0.4, -0.2) is 19.3 Å². The number of sulfonamides is 1. The lowest BCUT2D eigenvalue weighted by atomic mass is 10.4. The third-order valence-electron chi connectivity index (χ3n) is 2.38. The molecule has 0 atom stereocenters. The standard InChI is InChI=1S/C11H10N2O2S/c12-9-10-5-4-8-13(10)16(14,15)11-6-2-1-3-7-11/h1-3,5-7H,4,8H2. The second kappa shape index (κ2) is 3.99. The molecule has 1 aliphatic heterocycles. The van der Waals surface area contributed by atoms with Crippen molar-refractivity contribution in [3.05, 3.63) is 42.1 Å². The molecule has 0 spiro atoms. The minimum atomic E-state index is -3.56. The monoisotopic (exact) mass is 234 g/mol. The summed E-state index contributed by atoms with van der Waals surface area (Å²) in [4.78, 5) is 0.220. The Labute approximate surface area is 94.5 Å². The van der Waals surface area contributed by atoms with E-state index in [0.29, 0.717) is 13.0 Å². The van der Waals surface area contributed by atoms with Crippen LogP contribution in [0.3, 0.4) is 0 Å². The quantitative estimate of drug-likeness (QED) is 0.778. The fourth-order valence-electron chi connectivity index (χ4n) is 1.61. The fourth-order valence-corrected chi connectivity index (χ4v) is 3.09. The van der Waals surface area contributed by atoms with Crippen LogP contribution in [0.2, 0.25) is 0 Å². The summed E-state index contributed by atoms with van der Waals surface area (Å²) in [6.07, 6.45) is 2.23. The zero-order valence-corrected chi connectivity index (χ0v) is 9.31. The number of hydrogen-bond donors (Lipinski definition) is 0. The molecule has 1 heterocycles. The van der Waals surface area contributed by atoms with Crippen LogP contribution in [0.15, 0.2) is 47.0 Å². The van der Waals surface area contributed by atoms with Crippen LogP contribution in [0.5, 0.6) is 0 Å². The Morgan fingerprint density at radius 2 is 1.94 bits per heavy atom. The zero-order valence-electron chi connectivity index (χ0n) is 8.50. The first-order chi connectivity index (χ1) is 7.66. The van der Waals surface area contributed by atoms with Crippen molar-refractivity contribution in [1.29, 1.82) is 5.26 Å². The Morgan fingerprint density at radius 1 is 1.25 bits per heavy atom. The molecule has 82 valence electrons.